The molecule has 1 saturated heterocycles. The number of nitrogens with one attached hydrogen (secondary N) is 1. The minimum absolute atomic E-state index is 0.0713. The molecule has 0 bridgehead atoms. The Morgan fingerprint density at radius 2 is 1.96 bits per heavy atom. The maximum absolute atomic E-state index is 12.6. The number of benzene rings is 1. The lowest BCUT2D eigenvalue weighted by Crippen LogP contribution is -2.47. The van der Waals surface area contributed by atoms with Gasteiger partial charge in [-0.1, -0.05) is 23.2 Å². The van der Waals surface area contributed by atoms with E-state index in [1.165, 1.54) is 25.2 Å². The number of carbonyl (C=O) groups excluding carboxylic acids is 1. The molecule has 1 aliphatic heterocycles. The first-order valence-corrected chi connectivity index (χ1v) is 9.79. The highest BCUT2D eigenvalue weighted by Crippen LogP contribution is 2.27. The fourth-order valence-corrected chi connectivity index (χ4v) is 4.42. The van der Waals surface area contributed by atoms with Crippen LogP contribution in [0.1, 0.15) is 12.8 Å². The minimum Gasteiger partial charge on any atom is -0.352 e. The van der Waals surface area contributed by atoms with Crippen LogP contribution in [-0.4, -0.2) is 63.3 Å². The number of nitrogens with zero attached hydrogens (tertiary/aromatic N) is 2. The summed E-state index contributed by atoms with van der Waals surface area (Å²) in [6.07, 6.45) is 1.72. The van der Waals surface area contributed by atoms with Gasteiger partial charge in [0.05, 0.1) is 11.6 Å². The molecule has 1 heterocycles. The molecule has 1 N–H and O–H groups in total. The van der Waals surface area contributed by atoms with Crippen molar-refractivity contribution in [2.45, 2.75) is 23.8 Å². The van der Waals surface area contributed by atoms with Gasteiger partial charge in [-0.05, 0) is 51.2 Å². The Bertz CT molecular complexity index is 704. The molecule has 0 aromatic heterocycles. The molecule has 9 heteroatoms. The van der Waals surface area contributed by atoms with E-state index >= 15 is 0 Å². The summed E-state index contributed by atoms with van der Waals surface area (Å²) < 4.78 is 26.1. The van der Waals surface area contributed by atoms with Crippen LogP contribution in [0.4, 0.5) is 0 Å². The van der Waals surface area contributed by atoms with Gasteiger partial charge in [-0.25, -0.2) is 8.42 Å². The third-order valence-corrected chi connectivity index (χ3v) is 6.55. The van der Waals surface area contributed by atoms with Crippen LogP contribution in [-0.2, 0) is 14.8 Å². The second-order valence-electron chi connectivity index (χ2n) is 5.98. The van der Waals surface area contributed by atoms with Crippen molar-refractivity contribution in [3.8, 4) is 0 Å². The molecule has 134 valence electrons. The van der Waals surface area contributed by atoms with E-state index in [1.54, 1.807) is 0 Å². The van der Waals surface area contributed by atoms with Crippen LogP contribution in [0.25, 0.3) is 0 Å². The summed E-state index contributed by atoms with van der Waals surface area (Å²) >= 11 is 11.8. The summed E-state index contributed by atoms with van der Waals surface area (Å²) in [7, 11) is -0.506. The van der Waals surface area contributed by atoms with Crippen LogP contribution in [0.2, 0.25) is 10.0 Å². The van der Waals surface area contributed by atoms with Gasteiger partial charge in [0.1, 0.15) is 4.90 Å². The number of likely N-dealkylation sites (N-methyl/N-ethyl adjacent to an activating group) is 1. The third kappa shape index (κ3) is 4.83. The summed E-state index contributed by atoms with van der Waals surface area (Å²) in [5.41, 5.74) is 0. The molecule has 1 aliphatic rings. The van der Waals surface area contributed by atoms with Gasteiger partial charge in [0.2, 0.25) is 15.9 Å². The highest BCUT2D eigenvalue weighted by Gasteiger charge is 2.27. The van der Waals surface area contributed by atoms with Crippen molar-refractivity contribution < 1.29 is 13.2 Å². The van der Waals surface area contributed by atoms with E-state index in [-0.39, 0.29) is 33.4 Å². The number of hydrogen-bond donors (Lipinski definition) is 1. The molecule has 24 heavy (non-hydrogen) atoms. The highest BCUT2D eigenvalue weighted by molar-refractivity contribution is 7.89. The van der Waals surface area contributed by atoms with Crippen molar-refractivity contribution in [3.63, 3.8) is 0 Å². The van der Waals surface area contributed by atoms with Crippen molar-refractivity contribution in [1.29, 1.82) is 0 Å². The normalized spacial score (nSPS) is 17.2. The van der Waals surface area contributed by atoms with E-state index in [0.717, 1.165) is 30.2 Å². The first-order valence-electron chi connectivity index (χ1n) is 7.59. The molecule has 0 saturated carbocycles. The molecule has 1 amide bonds. The van der Waals surface area contributed by atoms with Crippen LogP contribution in [0.3, 0.4) is 0 Å². The van der Waals surface area contributed by atoms with Gasteiger partial charge >= 0.3 is 0 Å². The average Bonchev–Trinajstić information content (AvgIpc) is 2.51. The molecule has 1 fully saturated rings. The lowest BCUT2D eigenvalue weighted by molar-refractivity contribution is -0.122. The Labute approximate surface area is 152 Å². The van der Waals surface area contributed by atoms with Gasteiger partial charge in [-0.3, -0.25) is 4.79 Å². The van der Waals surface area contributed by atoms with Gasteiger partial charge in [0.15, 0.2) is 0 Å². The number of rotatable bonds is 5. The zero-order chi connectivity index (χ0) is 17.9. The standard InChI is InChI=1S/C15H21Cl2N3O3S/c1-19-7-5-12(6-8-19)18-15(21)10-20(2)24(22,23)14-9-11(16)3-4-13(14)17/h3-4,9,12H,5-8,10H2,1-2H3,(H,18,21). The SMILES string of the molecule is CN1CCC(NC(=O)CN(C)S(=O)(=O)c2cc(Cl)ccc2Cl)CC1. The van der Waals surface area contributed by atoms with Crippen LogP contribution >= 0.6 is 23.2 Å². The third-order valence-electron chi connectivity index (χ3n) is 4.03. The van der Waals surface area contributed by atoms with E-state index in [4.69, 9.17) is 23.2 Å². The summed E-state index contributed by atoms with van der Waals surface area (Å²) in [4.78, 5) is 14.2. The lowest BCUT2D eigenvalue weighted by Gasteiger charge is -2.30. The largest absolute Gasteiger partial charge is 0.352 e. The van der Waals surface area contributed by atoms with Crippen molar-refractivity contribution >= 4 is 39.1 Å². The fraction of sp³-hybridized carbons (Fsp3) is 0.533. The second-order valence-corrected chi connectivity index (χ2v) is 8.84. The molecular weight excluding hydrogens is 373 g/mol. The molecule has 0 aliphatic carbocycles. The summed E-state index contributed by atoms with van der Waals surface area (Å²) in [6, 6.07) is 4.29. The number of carbonyl (C=O) groups is 1. The Morgan fingerprint density at radius 1 is 1.33 bits per heavy atom. The number of halogens is 2. The molecule has 0 unspecified atom stereocenters. The van der Waals surface area contributed by atoms with Gasteiger partial charge in [0.25, 0.3) is 0 Å². The van der Waals surface area contributed by atoms with Crippen LogP contribution in [0.5, 0.6) is 0 Å². The van der Waals surface area contributed by atoms with Crippen LogP contribution < -0.4 is 5.32 Å². The quantitative estimate of drug-likeness (QED) is 0.827. The maximum Gasteiger partial charge on any atom is 0.244 e. The van der Waals surface area contributed by atoms with Crippen molar-refractivity contribution in [1.82, 2.24) is 14.5 Å². The Hall–Kier alpha value is -0.860. The minimum atomic E-state index is -3.89. The molecule has 1 aromatic carbocycles. The summed E-state index contributed by atoms with van der Waals surface area (Å²) in [6.45, 7) is 1.56. The Kier molecular flexibility index (Phi) is 6.50. The van der Waals surface area contributed by atoms with E-state index in [0.29, 0.717) is 0 Å². The predicted octanol–water partition coefficient (Wildman–Crippen LogP) is 1.82. The molecule has 0 radical (unpaired) electrons. The number of sulfonamides is 1. The molecular formula is C15H21Cl2N3O3S. The first-order chi connectivity index (χ1) is 11.2. The molecule has 0 atom stereocenters. The maximum atomic E-state index is 12.6. The van der Waals surface area contributed by atoms with Crippen LogP contribution in [0, 0.1) is 0 Å². The fourth-order valence-electron chi connectivity index (χ4n) is 2.56. The summed E-state index contributed by atoms with van der Waals surface area (Å²) in [5, 5.41) is 3.23. The topological polar surface area (TPSA) is 69.7 Å². The van der Waals surface area contributed by atoms with Gasteiger partial charge in [0, 0.05) is 18.1 Å². The lowest BCUT2D eigenvalue weighted by atomic mass is 10.1. The number of amides is 1. The number of piperidine rings is 1. The monoisotopic (exact) mass is 393 g/mol. The first kappa shape index (κ1) is 19.5. The smallest absolute Gasteiger partial charge is 0.244 e. The Morgan fingerprint density at radius 3 is 2.58 bits per heavy atom. The van der Waals surface area contributed by atoms with E-state index in [2.05, 4.69) is 10.2 Å². The zero-order valence-electron chi connectivity index (χ0n) is 13.6. The van der Waals surface area contributed by atoms with Gasteiger partial charge < -0.3 is 10.2 Å². The van der Waals surface area contributed by atoms with E-state index in [9.17, 15) is 13.2 Å². The predicted molar refractivity (Wildman–Crippen MR) is 94.9 cm³/mol. The second kappa shape index (κ2) is 8.01. The number of likely N-dealkylation sites (tertiary alicyclic amines) is 1. The van der Waals surface area contributed by atoms with Gasteiger partial charge in [-0.15, -0.1) is 0 Å². The average molecular weight is 394 g/mol. The van der Waals surface area contributed by atoms with Crippen LogP contribution in [0.15, 0.2) is 23.1 Å². The molecule has 2 rings (SSSR count). The van der Waals surface area contributed by atoms with Gasteiger partial charge in [-0.2, -0.15) is 4.31 Å². The Balaban J connectivity index is 2.01. The van der Waals surface area contributed by atoms with E-state index in [1.807, 2.05) is 7.05 Å². The molecule has 6 nitrogen and oxygen atoms in total. The zero-order valence-corrected chi connectivity index (χ0v) is 16.0. The molecule has 0 spiro atoms. The highest BCUT2D eigenvalue weighted by atomic mass is 35.5. The number of hydrogen-bond acceptors (Lipinski definition) is 4. The molecule has 1 aromatic rings. The van der Waals surface area contributed by atoms with E-state index < -0.39 is 10.0 Å². The summed E-state index contributed by atoms with van der Waals surface area (Å²) in [5.74, 6) is -0.325. The van der Waals surface area contributed by atoms with Crippen molar-refractivity contribution in [3.05, 3.63) is 28.2 Å². The van der Waals surface area contributed by atoms with Crippen molar-refractivity contribution in [2.24, 2.45) is 0 Å². The van der Waals surface area contributed by atoms with Crippen molar-refractivity contribution in [2.75, 3.05) is 33.7 Å².